The van der Waals surface area contributed by atoms with Crippen molar-refractivity contribution in [2.75, 3.05) is 46.6 Å². The molecule has 1 atom stereocenters. The molecule has 6 nitrogen and oxygen atoms in total. The van der Waals surface area contributed by atoms with E-state index in [1.807, 2.05) is 6.92 Å². The number of benzene rings is 1. The summed E-state index contributed by atoms with van der Waals surface area (Å²) in [5.41, 5.74) is 0.569. The second-order valence-electron chi connectivity index (χ2n) is 5.51. The first-order valence-corrected chi connectivity index (χ1v) is 8.06. The van der Waals surface area contributed by atoms with Gasteiger partial charge in [-0.25, -0.2) is 0 Å². The minimum Gasteiger partial charge on any atom is -0.493 e. The van der Waals surface area contributed by atoms with Crippen molar-refractivity contribution in [1.82, 2.24) is 10.2 Å². The van der Waals surface area contributed by atoms with Gasteiger partial charge in [-0.1, -0.05) is 0 Å². The topological polar surface area (TPSA) is 60.0 Å². The van der Waals surface area contributed by atoms with Crippen LogP contribution in [-0.4, -0.2) is 63.4 Å². The fourth-order valence-electron chi connectivity index (χ4n) is 2.57. The maximum absolute atomic E-state index is 12.3. The zero-order valence-corrected chi connectivity index (χ0v) is 14.1. The van der Waals surface area contributed by atoms with Crippen LogP contribution in [0.1, 0.15) is 24.2 Å². The van der Waals surface area contributed by atoms with Crippen molar-refractivity contribution >= 4 is 5.91 Å². The first-order valence-electron chi connectivity index (χ1n) is 8.06. The lowest BCUT2D eigenvalue weighted by Crippen LogP contribution is -2.47. The van der Waals surface area contributed by atoms with E-state index >= 15 is 0 Å². The second kappa shape index (κ2) is 8.74. The summed E-state index contributed by atoms with van der Waals surface area (Å²) in [6.45, 7) is 8.52. The number of nitrogens with zero attached hydrogens (tertiary/aromatic N) is 1. The molecule has 1 heterocycles. The van der Waals surface area contributed by atoms with Crippen molar-refractivity contribution in [1.29, 1.82) is 0 Å². The monoisotopic (exact) mass is 322 g/mol. The Morgan fingerprint density at radius 1 is 1.35 bits per heavy atom. The summed E-state index contributed by atoms with van der Waals surface area (Å²) in [5.74, 6) is 1.11. The zero-order chi connectivity index (χ0) is 16.7. The molecule has 0 aliphatic carbocycles. The number of hydrogen-bond acceptors (Lipinski definition) is 5. The maximum Gasteiger partial charge on any atom is 0.251 e. The van der Waals surface area contributed by atoms with E-state index in [0.29, 0.717) is 30.2 Å². The van der Waals surface area contributed by atoms with Crippen LogP contribution in [0.5, 0.6) is 11.5 Å². The molecule has 128 valence electrons. The molecule has 0 radical (unpaired) electrons. The number of hydrogen-bond donors (Lipinski definition) is 1. The molecule has 1 saturated heterocycles. The highest BCUT2D eigenvalue weighted by atomic mass is 16.5. The summed E-state index contributed by atoms with van der Waals surface area (Å²) < 4.78 is 16.1. The summed E-state index contributed by atoms with van der Waals surface area (Å²) in [6, 6.07) is 5.51. The van der Waals surface area contributed by atoms with Crippen LogP contribution in [0, 0.1) is 0 Å². The molecule has 1 aliphatic rings. The third kappa shape index (κ3) is 4.84. The number of carbonyl (C=O) groups excluding carboxylic acids is 1. The minimum absolute atomic E-state index is 0.105. The van der Waals surface area contributed by atoms with Gasteiger partial charge in [0, 0.05) is 31.2 Å². The van der Waals surface area contributed by atoms with Crippen molar-refractivity contribution in [2.45, 2.75) is 19.9 Å². The number of amides is 1. The number of ether oxygens (including phenoxy) is 3. The van der Waals surface area contributed by atoms with E-state index < -0.39 is 0 Å². The summed E-state index contributed by atoms with van der Waals surface area (Å²) in [7, 11) is 1.57. The summed E-state index contributed by atoms with van der Waals surface area (Å²) in [6.07, 6.45) is 0. The van der Waals surface area contributed by atoms with Crippen LogP contribution in [0.25, 0.3) is 0 Å². The van der Waals surface area contributed by atoms with E-state index in [2.05, 4.69) is 17.1 Å². The van der Waals surface area contributed by atoms with Gasteiger partial charge in [0.05, 0.1) is 26.9 Å². The molecule has 23 heavy (non-hydrogen) atoms. The highest BCUT2D eigenvalue weighted by Gasteiger charge is 2.18. The Balaban J connectivity index is 1.92. The number of methoxy groups -OCH3 is 1. The summed E-state index contributed by atoms with van der Waals surface area (Å²) >= 11 is 0. The van der Waals surface area contributed by atoms with Crippen LogP contribution in [0.3, 0.4) is 0 Å². The van der Waals surface area contributed by atoms with Crippen LogP contribution in [0.4, 0.5) is 0 Å². The van der Waals surface area contributed by atoms with Crippen molar-refractivity contribution in [3.63, 3.8) is 0 Å². The van der Waals surface area contributed by atoms with Crippen molar-refractivity contribution in [2.24, 2.45) is 0 Å². The summed E-state index contributed by atoms with van der Waals surface area (Å²) in [5, 5.41) is 2.98. The molecule has 1 aliphatic heterocycles. The average molecular weight is 322 g/mol. The van der Waals surface area contributed by atoms with E-state index in [-0.39, 0.29) is 11.9 Å². The molecule has 1 aromatic carbocycles. The molecule has 1 fully saturated rings. The van der Waals surface area contributed by atoms with Crippen LogP contribution in [0.15, 0.2) is 18.2 Å². The Hall–Kier alpha value is -1.79. The Bertz CT molecular complexity index is 515. The molecule has 6 heteroatoms. The standard InChI is InChI=1S/C17H26N2O4/c1-4-23-15-6-5-14(11-16(15)21-3)17(20)18-12-13(2)19-7-9-22-10-8-19/h5-6,11,13H,4,7-10,12H2,1-3H3,(H,18,20). The van der Waals surface area contributed by atoms with Gasteiger partial charge in [-0.3, -0.25) is 9.69 Å². The fraction of sp³-hybridized carbons (Fsp3) is 0.588. The quantitative estimate of drug-likeness (QED) is 0.825. The minimum atomic E-state index is -0.105. The lowest BCUT2D eigenvalue weighted by Gasteiger charge is -2.32. The van der Waals surface area contributed by atoms with Gasteiger partial charge < -0.3 is 19.5 Å². The molecule has 1 aromatic rings. The predicted molar refractivity (Wildman–Crippen MR) is 88.4 cm³/mol. The van der Waals surface area contributed by atoms with Gasteiger partial charge in [-0.05, 0) is 32.0 Å². The largest absolute Gasteiger partial charge is 0.493 e. The van der Waals surface area contributed by atoms with Gasteiger partial charge in [0.1, 0.15) is 0 Å². The Labute approximate surface area is 137 Å². The molecule has 1 unspecified atom stereocenters. The molecular formula is C17H26N2O4. The molecule has 0 aromatic heterocycles. The van der Waals surface area contributed by atoms with E-state index in [1.165, 1.54) is 0 Å². The predicted octanol–water partition coefficient (Wildman–Crippen LogP) is 1.54. The van der Waals surface area contributed by atoms with Gasteiger partial charge in [0.15, 0.2) is 11.5 Å². The number of rotatable bonds is 7. The van der Waals surface area contributed by atoms with Crippen molar-refractivity contribution in [3.8, 4) is 11.5 Å². The van der Waals surface area contributed by atoms with Crippen LogP contribution >= 0.6 is 0 Å². The first kappa shape index (κ1) is 17.6. The smallest absolute Gasteiger partial charge is 0.251 e. The number of carbonyl (C=O) groups is 1. The maximum atomic E-state index is 12.3. The lowest BCUT2D eigenvalue weighted by molar-refractivity contribution is 0.0204. The zero-order valence-electron chi connectivity index (χ0n) is 14.1. The molecule has 2 rings (SSSR count). The highest BCUT2D eigenvalue weighted by molar-refractivity contribution is 5.94. The first-order chi connectivity index (χ1) is 11.2. The third-order valence-corrected chi connectivity index (χ3v) is 3.95. The van der Waals surface area contributed by atoms with E-state index in [9.17, 15) is 4.79 Å². The van der Waals surface area contributed by atoms with E-state index in [4.69, 9.17) is 14.2 Å². The van der Waals surface area contributed by atoms with Gasteiger partial charge >= 0.3 is 0 Å². The Kier molecular flexibility index (Phi) is 6.67. The Morgan fingerprint density at radius 2 is 2.09 bits per heavy atom. The Morgan fingerprint density at radius 3 is 2.74 bits per heavy atom. The fourth-order valence-corrected chi connectivity index (χ4v) is 2.57. The highest BCUT2D eigenvalue weighted by Crippen LogP contribution is 2.27. The van der Waals surface area contributed by atoms with E-state index in [0.717, 1.165) is 26.3 Å². The van der Waals surface area contributed by atoms with E-state index in [1.54, 1.807) is 25.3 Å². The molecule has 1 amide bonds. The SMILES string of the molecule is CCOc1ccc(C(=O)NCC(C)N2CCOCC2)cc1OC. The van der Waals surface area contributed by atoms with Crippen LogP contribution < -0.4 is 14.8 Å². The number of nitrogens with one attached hydrogen (secondary N) is 1. The van der Waals surface area contributed by atoms with Crippen molar-refractivity contribution in [3.05, 3.63) is 23.8 Å². The molecule has 0 saturated carbocycles. The van der Waals surface area contributed by atoms with Crippen LogP contribution in [0.2, 0.25) is 0 Å². The van der Waals surface area contributed by atoms with Crippen molar-refractivity contribution < 1.29 is 19.0 Å². The van der Waals surface area contributed by atoms with Gasteiger partial charge in [0.2, 0.25) is 0 Å². The molecular weight excluding hydrogens is 296 g/mol. The van der Waals surface area contributed by atoms with Gasteiger partial charge in [-0.2, -0.15) is 0 Å². The number of morpholine rings is 1. The normalized spacial score (nSPS) is 16.7. The van der Waals surface area contributed by atoms with Crippen LogP contribution in [-0.2, 0) is 4.74 Å². The summed E-state index contributed by atoms with van der Waals surface area (Å²) in [4.78, 5) is 14.6. The van der Waals surface area contributed by atoms with Gasteiger partial charge in [0.25, 0.3) is 5.91 Å². The molecule has 0 bridgehead atoms. The lowest BCUT2D eigenvalue weighted by atomic mass is 10.1. The average Bonchev–Trinajstić information content (AvgIpc) is 2.60. The third-order valence-electron chi connectivity index (χ3n) is 3.95. The molecule has 1 N–H and O–H groups in total. The van der Waals surface area contributed by atoms with Gasteiger partial charge in [-0.15, -0.1) is 0 Å². The second-order valence-corrected chi connectivity index (χ2v) is 5.51. The molecule has 0 spiro atoms.